The number of anilines is 1. The first-order valence-corrected chi connectivity index (χ1v) is 9.32. The van der Waals surface area contributed by atoms with Crippen LogP contribution in [0.5, 0.6) is 0 Å². The highest BCUT2D eigenvalue weighted by molar-refractivity contribution is 9.10. The highest BCUT2D eigenvalue weighted by atomic mass is 79.9. The second-order valence-corrected chi connectivity index (χ2v) is 7.43. The topological polar surface area (TPSA) is 44.6 Å². The predicted molar refractivity (Wildman–Crippen MR) is 103 cm³/mol. The molecular formula is C20H23BrN2O. The van der Waals surface area contributed by atoms with Crippen molar-refractivity contribution >= 4 is 27.5 Å². The molecule has 1 saturated carbocycles. The van der Waals surface area contributed by atoms with E-state index in [1.807, 2.05) is 24.3 Å². The third kappa shape index (κ3) is 4.60. The Hall–Kier alpha value is -1.81. The van der Waals surface area contributed by atoms with Crippen LogP contribution in [-0.2, 0) is 0 Å². The number of hydrogen-bond donors (Lipinski definition) is 2. The molecule has 0 spiro atoms. The van der Waals surface area contributed by atoms with Gasteiger partial charge in [0.1, 0.15) is 5.84 Å². The van der Waals surface area contributed by atoms with Crippen molar-refractivity contribution in [3.05, 3.63) is 64.6 Å². The van der Waals surface area contributed by atoms with Gasteiger partial charge in [-0.05, 0) is 67.3 Å². The van der Waals surface area contributed by atoms with Gasteiger partial charge in [-0.1, -0.05) is 51.4 Å². The lowest BCUT2D eigenvalue weighted by molar-refractivity contribution is 0.306. The van der Waals surface area contributed by atoms with Crippen LogP contribution in [0.3, 0.4) is 0 Å². The molecule has 3 nitrogen and oxygen atoms in total. The number of nitrogens with zero attached hydrogens (tertiary/aromatic N) is 1. The average Bonchev–Trinajstić information content (AvgIpc) is 2.64. The fraction of sp³-hybridized carbons (Fsp3) is 0.350. The van der Waals surface area contributed by atoms with Crippen LogP contribution in [0.4, 0.5) is 5.69 Å². The normalized spacial score (nSPS) is 21.5. The Kier molecular flexibility index (Phi) is 5.91. The molecule has 0 atom stereocenters. The maximum absolute atomic E-state index is 9.32. The minimum atomic E-state index is 0.582. The summed E-state index contributed by atoms with van der Waals surface area (Å²) in [7, 11) is 0. The molecule has 0 radical (unpaired) electrons. The van der Waals surface area contributed by atoms with Crippen LogP contribution in [0.2, 0.25) is 0 Å². The minimum absolute atomic E-state index is 0.582. The van der Waals surface area contributed by atoms with E-state index in [-0.39, 0.29) is 0 Å². The van der Waals surface area contributed by atoms with E-state index in [0.29, 0.717) is 17.7 Å². The number of nitrogens with one attached hydrogen (secondary N) is 1. The maximum atomic E-state index is 9.32. The first kappa shape index (κ1) is 17.0. The molecule has 0 heterocycles. The van der Waals surface area contributed by atoms with Crippen LogP contribution in [0, 0.1) is 5.92 Å². The van der Waals surface area contributed by atoms with Gasteiger partial charge in [0, 0.05) is 16.6 Å². The van der Waals surface area contributed by atoms with Crippen molar-refractivity contribution in [2.24, 2.45) is 11.1 Å². The molecule has 0 unspecified atom stereocenters. The van der Waals surface area contributed by atoms with Gasteiger partial charge in [0.05, 0.1) is 0 Å². The van der Waals surface area contributed by atoms with Crippen molar-refractivity contribution in [1.29, 1.82) is 0 Å². The van der Waals surface area contributed by atoms with Gasteiger partial charge in [0.15, 0.2) is 0 Å². The van der Waals surface area contributed by atoms with Gasteiger partial charge >= 0.3 is 0 Å². The van der Waals surface area contributed by atoms with Crippen LogP contribution >= 0.6 is 15.9 Å². The smallest absolute Gasteiger partial charge is 0.146 e. The number of halogens is 1. The highest BCUT2D eigenvalue weighted by Crippen LogP contribution is 2.37. The molecule has 126 valence electrons. The standard InChI is InChI=1S/C20H23BrN2O/c21-18-10-12-19(13-11-18)22-20(23-24)14-15-6-8-17(9-7-15)16-4-2-1-3-5-16/h1-5,10-13,15,17,24H,6-9,14H2,(H,22,23). The predicted octanol–water partition coefficient (Wildman–Crippen LogP) is 6.01. The summed E-state index contributed by atoms with van der Waals surface area (Å²) < 4.78 is 1.04. The summed E-state index contributed by atoms with van der Waals surface area (Å²) in [4.78, 5) is 0. The molecule has 2 aromatic carbocycles. The molecule has 1 aliphatic rings. The molecule has 0 amide bonds. The second kappa shape index (κ2) is 8.34. The summed E-state index contributed by atoms with van der Waals surface area (Å²) in [5, 5.41) is 16.0. The maximum Gasteiger partial charge on any atom is 0.146 e. The largest absolute Gasteiger partial charge is 0.409 e. The van der Waals surface area contributed by atoms with Crippen molar-refractivity contribution in [3.8, 4) is 0 Å². The Morgan fingerprint density at radius 2 is 1.67 bits per heavy atom. The van der Waals surface area contributed by atoms with Crippen LogP contribution in [0.25, 0.3) is 0 Å². The first-order valence-electron chi connectivity index (χ1n) is 8.53. The molecule has 0 bridgehead atoms. The minimum Gasteiger partial charge on any atom is -0.409 e. The number of rotatable bonds is 4. The van der Waals surface area contributed by atoms with Gasteiger partial charge < -0.3 is 10.5 Å². The third-order valence-electron chi connectivity index (χ3n) is 4.85. The third-order valence-corrected chi connectivity index (χ3v) is 5.38. The fourth-order valence-electron chi connectivity index (χ4n) is 3.52. The van der Waals surface area contributed by atoms with Crippen LogP contribution in [-0.4, -0.2) is 11.0 Å². The second-order valence-electron chi connectivity index (χ2n) is 6.51. The van der Waals surface area contributed by atoms with E-state index in [1.165, 1.54) is 31.2 Å². The van der Waals surface area contributed by atoms with Gasteiger partial charge in [-0.15, -0.1) is 0 Å². The number of hydrogen-bond acceptors (Lipinski definition) is 2. The van der Waals surface area contributed by atoms with Crippen molar-refractivity contribution in [2.45, 2.75) is 38.0 Å². The Bertz CT molecular complexity index is 662. The summed E-state index contributed by atoms with van der Waals surface area (Å²) in [6.45, 7) is 0. The summed E-state index contributed by atoms with van der Waals surface area (Å²) in [5.74, 6) is 1.91. The summed E-state index contributed by atoms with van der Waals surface area (Å²) in [6.07, 6.45) is 5.59. The number of benzene rings is 2. The Labute approximate surface area is 151 Å². The molecule has 1 fully saturated rings. The van der Waals surface area contributed by atoms with Crippen molar-refractivity contribution in [2.75, 3.05) is 5.32 Å². The zero-order valence-corrected chi connectivity index (χ0v) is 15.2. The monoisotopic (exact) mass is 386 g/mol. The molecule has 3 rings (SSSR count). The first-order chi connectivity index (χ1) is 11.7. The molecular weight excluding hydrogens is 364 g/mol. The van der Waals surface area contributed by atoms with Crippen molar-refractivity contribution in [3.63, 3.8) is 0 Å². The fourth-order valence-corrected chi connectivity index (χ4v) is 3.78. The zero-order valence-electron chi connectivity index (χ0n) is 13.7. The van der Waals surface area contributed by atoms with Crippen LogP contribution < -0.4 is 5.32 Å². The molecule has 0 aromatic heterocycles. The van der Waals surface area contributed by atoms with Gasteiger partial charge in [-0.25, -0.2) is 0 Å². The molecule has 0 aliphatic heterocycles. The van der Waals surface area contributed by atoms with Crippen molar-refractivity contribution in [1.82, 2.24) is 0 Å². The van der Waals surface area contributed by atoms with Crippen LogP contribution in [0.15, 0.2) is 64.2 Å². The molecule has 2 N–H and O–H groups in total. The molecule has 1 aliphatic carbocycles. The lowest BCUT2D eigenvalue weighted by Gasteiger charge is -2.29. The molecule has 4 heteroatoms. The Morgan fingerprint density at radius 3 is 2.29 bits per heavy atom. The van der Waals surface area contributed by atoms with Crippen LogP contribution in [0.1, 0.15) is 43.6 Å². The quantitative estimate of drug-likeness (QED) is 0.292. The SMILES string of the molecule is O/N=C(/CC1CCC(c2ccccc2)CC1)Nc1ccc(Br)cc1. The Balaban J connectivity index is 1.52. The van der Waals surface area contributed by atoms with Crippen molar-refractivity contribution < 1.29 is 5.21 Å². The Morgan fingerprint density at radius 1 is 1.00 bits per heavy atom. The number of amidine groups is 1. The number of oxime groups is 1. The van der Waals surface area contributed by atoms with E-state index >= 15 is 0 Å². The van der Waals surface area contributed by atoms with E-state index in [1.54, 1.807) is 0 Å². The van der Waals surface area contributed by atoms with E-state index < -0.39 is 0 Å². The van der Waals surface area contributed by atoms with Gasteiger partial charge in [-0.3, -0.25) is 0 Å². The van der Waals surface area contributed by atoms with E-state index in [0.717, 1.165) is 16.6 Å². The molecule has 24 heavy (non-hydrogen) atoms. The van der Waals surface area contributed by atoms with Gasteiger partial charge in [-0.2, -0.15) is 0 Å². The molecule has 0 saturated heterocycles. The summed E-state index contributed by atoms with van der Waals surface area (Å²) in [6, 6.07) is 18.7. The highest BCUT2D eigenvalue weighted by Gasteiger charge is 2.23. The summed E-state index contributed by atoms with van der Waals surface area (Å²) >= 11 is 3.43. The summed E-state index contributed by atoms with van der Waals surface area (Å²) in [5.41, 5.74) is 2.41. The lowest BCUT2D eigenvalue weighted by atomic mass is 9.77. The van der Waals surface area contributed by atoms with E-state index in [9.17, 15) is 5.21 Å². The van der Waals surface area contributed by atoms with E-state index in [4.69, 9.17) is 0 Å². The van der Waals surface area contributed by atoms with Gasteiger partial charge in [0.25, 0.3) is 0 Å². The lowest BCUT2D eigenvalue weighted by Crippen LogP contribution is -2.21. The van der Waals surface area contributed by atoms with Gasteiger partial charge in [0.2, 0.25) is 0 Å². The average molecular weight is 387 g/mol. The van der Waals surface area contributed by atoms with E-state index in [2.05, 4.69) is 56.7 Å². The molecule has 2 aromatic rings. The zero-order chi connectivity index (χ0) is 16.8.